The molecule has 2 heterocycles. The van der Waals surface area contributed by atoms with Gasteiger partial charge in [0.05, 0.1) is 0 Å². The molecule has 1 aromatic heterocycles. The minimum absolute atomic E-state index is 0. The van der Waals surface area contributed by atoms with Crippen molar-refractivity contribution in [2.45, 2.75) is 12.2 Å². The van der Waals surface area contributed by atoms with Crippen LogP contribution in [0.15, 0.2) is 21.2 Å². The fourth-order valence-corrected chi connectivity index (χ4v) is 2.28. The Kier molecular flexibility index (Phi) is 7.75. The third-order valence-electron chi connectivity index (χ3n) is 2.69. The molecule has 1 atom stereocenters. The molecule has 0 spiro atoms. The first-order chi connectivity index (χ1) is 7.98. The van der Waals surface area contributed by atoms with Gasteiger partial charge in [-0.05, 0) is 28.1 Å². The predicted octanol–water partition coefficient (Wildman–Crippen LogP) is 3.39. The van der Waals surface area contributed by atoms with Crippen LogP contribution in [0.5, 0.6) is 0 Å². The highest BCUT2D eigenvalue weighted by Gasteiger charge is 2.46. The molecular weight excluding hydrogens is 372 g/mol. The summed E-state index contributed by atoms with van der Waals surface area (Å²) in [5.41, 5.74) is 0. The van der Waals surface area contributed by atoms with Crippen LogP contribution < -0.4 is 5.32 Å². The molecule has 0 unspecified atom stereocenters. The first kappa shape index (κ1) is 19.1. The van der Waals surface area contributed by atoms with Crippen LogP contribution >= 0.6 is 40.7 Å². The molecule has 3 nitrogen and oxygen atoms in total. The van der Waals surface area contributed by atoms with E-state index in [9.17, 15) is 13.2 Å². The monoisotopic (exact) mass is 384 g/mol. The largest absolute Gasteiger partial charge is 0.452 e. The van der Waals surface area contributed by atoms with Gasteiger partial charge in [0, 0.05) is 26.2 Å². The van der Waals surface area contributed by atoms with Crippen LogP contribution in [0, 0.1) is 0 Å². The van der Waals surface area contributed by atoms with E-state index < -0.39 is 12.2 Å². The molecular formula is C10H14BrCl2F3N2O. The fourth-order valence-electron chi connectivity index (χ4n) is 1.96. The lowest BCUT2D eigenvalue weighted by Gasteiger charge is -2.34. The van der Waals surface area contributed by atoms with E-state index in [0.29, 0.717) is 30.8 Å². The van der Waals surface area contributed by atoms with Gasteiger partial charge in [-0.2, -0.15) is 13.2 Å². The topological polar surface area (TPSA) is 28.4 Å². The van der Waals surface area contributed by atoms with Crippen molar-refractivity contribution in [2.75, 3.05) is 26.2 Å². The quantitative estimate of drug-likeness (QED) is 0.845. The Hall–Kier alpha value is 0.0500. The first-order valence-corrected chi connectivity index (χ1v) is 6.04. The molecule has 0 saturated carbocycles. The van der Waals surface area contributed by atoms with Crippen LogP contribution in [0.2, 0.25) is 0 Å². The van der Waals surface area contributed by atoms with E-state index in [1.807, 2.05) is 0 Å². The van der Waals surface area contributed by atoms with Crippen LogP contribution in [-0.4, -0.2) is 37.3 Å². The minimum atomic E-state index is -4.32. The van der Waals surface area contributed by atoms with Gasteiger partial charge < -0.3 is 9.73 Å². The Balaban J connectivity index is 0.00000162. The van der Waals surface area contributed by atoms with Gasteiger partial charge >= 0.3 is 6.18 Å². The van der Waals surface area contributed by atoms with Crippen molar-refractivity contribution in [1.82, 2.24) is 10.2 Å². The van der Waals surface area contributed by atoms with Gasteiger partial charge in [-0.15, -0.1) is 24.8 Å². The number of piperazine rings is 1. The number of halogens is 6. The summed E-state index contributed by atoms with van der Waals surface area (Å²) in [5.74, 6) is -0.0636. The van der Waals surface area contributed by atoms with Gasteiger partial charge in [-0.1, -0.05) is 0 Å². The van der Waals surface area contributed by atoms with Gasteiger partial charge in [-0.3, -0.25) is 4.90 Å². The molecule has 0 amide bonds. The van der Waals surface area contributed by atoms with Crippen molar-refractivity contribution in [3.05, 3.63) is 22.6 Å². The summed E-state index contributed by atoms with van der Waals surface area (Å²) in [6, 6.07) is 1.19. The number of furan rings is 1. The maximum Gasteiger partial charge on any atom is 0.411 e. The lowest BCUT2D eigenvalue weighted by molar-refractivity contribution is -0.192. The second kappa shape index (κ2) is 7.73. The SMILES string of the molecule is Cl.Cl.FC(F)(F)[C@@H](c1ccc(Br)o1)N1CCNCC1. The zero-order valence-corrected chi connectivity index (χ0v) is 13.0. The second-order valence-electron chi connectivity index (χ2n) is 3.87. The van der Waals surface area contributed by atoms with Crippen molar-refractivity contribution < 1.29 is 17.6 Å². The molecule has 0 bridgehead atoms. The molecule has 0 radical (unpaired) electrons. The lowest BCUT2D eigenvalue weighted by Crippen LogP contribution is -2.48. The van der Waals surface area contributed by atoms with Gasteiger partial charge in [-0.25, -0.2) is 0 Å². The van der Waals surface area contributed by atoms with E-state index in [0.717, 1.165) is 0 Å². The number of alkyl halides is 3. The molecule has 1 aromatic rings. The average molecular weight is 386 g/mol. The Morgan fingerprint density at radius 2 is 1.79 bits per heavy atom. The van der Waals surface area contributed by atoms with E-state index in [1.54, 1.807) is 0 Å². The maximum absolute atomic E-state index is 13.1. The highest BCUT2D eigenvalue weighted by atomic mass is 79.9. The van der Waals surface area contributed by atoms with Gasteiger partial charge in [0.2, 0.25) is 0 Å². The predicted molar refractivity (Wildman–Crippen MR) is 74.1 cm³/mol. The third-order valence-corrected chi connectivity index (χ3v) is 3.12. The summed E-state index contributed by atoms with van der Waals surface area (Å²) in [6.07, 6.45) is -4.32. The molecule has 1 aliphatic rings. The number of nitrogens with zero attached hydrogens (tertiary/aromatic N) is 1. The van der Waals surface area contributed by atoms with Crippen molar-refractivity contribution in [1.29, 1.82) is 0 Å². The Bertz CT molecular complexity index is 383. The van der Waals surface area contributed by atoms with Crippen molar-refractivity contribution in [3.8, 4) is 0 Å². The number of nitrogens with one attached hydrogen (secondary N) is 1. The standard InChI is InChI=1S/C10H12BrF3N2O.2ClH/c11-8-2-1-7(17-8)9(10(12,13)14)16-5-3-15-4-6-16;;/h1-2,9,15H,3-6H2;2*1H/t9-;;/m1../s1. The third kappa shape index (κ3) is 4.82. The zero-order chi connectivity index (χ0) is 12.5. The highest BCUT2D eigenvalue weighted by molar-refractivity contribution is 9.10. The van der Waals surface area contributed by atoms with Gasteiger partial charge in [0.25, 0.3) is 0 Å². The van der Waals surface area contributed by atoms with E-state index >= 15 is 0 Å². The Morgan fingerprint density at radius 1 is 1.21 bits per heavy atom. The molecule has 1 fully saturated rings. The molecule has 0 aromatic carbocycles. The Morgan fingerprint density at radius 3 is 2.21 bits per heavy atom. The van der Waals surface area contributed by atoms with E-state index in [2.05, 4.69) is 21.2 Å². The van der Waals surface area contributed by atoms with E-state index in [4.69, 9.17) is 4.42 Å². The smallest absolute Gasteiger partial charge is 0.411 e. The molecule has 0 aliphatic carbocycles. The average Bonchev–Trinajstić information content (AvgIpc) is 2.64. The van der Waals surface area contributed by atoms with Crippen LogP contribution in [0.1, 0.15) is 11.8 Å². The molecule has 2 rings (SSSR count). The van der Waals surface area contributed by atoms with E-state index in [1.165, 1.54) is 17.0 Å². The highest BCUT2D eigenvalue weighted by Crippen LogP contribution is 2.39. The fraction of sp³-hybridized carbons (Fsp3) is 0.600. The van der Waals surface area contributed by atoms with Crippen LogP contribution in [0.25, 0.3) is 0 Å². The minimum Gasteiger partial charge on any atom is -0.452 e. The molecule has 1 aliphatic heterocycles. The normalized spacial score (nSPS) is 18.3. The lowest BCUT2D eigenvalue weighted by atomic mass is 10.1. The van der Waals surface area contributed by atoms with Crippen LogP contribution in [0.4, 0.5) is 13.2 Å². The van der Waals surface area contributed by atoms with Crippen LogP contribution in [0.3, 0.4) is 0 Å². The summed E-state index contributed by atoms with van der Waals surface area (Å²) in [7, 11) is 0. The van der Waals surface area contributed by atoms with Gasteiger partial charge in [0.15, 0.2) is 10.7 Å². The second-order valence-corrected chi connectivity index (χ2v) is 4.65. The van der Waals surface area contributed by atoms with Gasteiger partial charge in [0.1, 0.15) is 5.76 Å². The summed E-state index contributed by atoms with van der Waals surface area (Å²) < 4.78 is 44.6. The van der Waals surface area contributed by atoms with E-state index in [-0.39, 0.29) is 30.6 Å². The summed E-state index contributed by atoms with van der Waals surface area (Å²) in [5, 5.41) is 3.03. The van der Waals surface area contributed by atoms with Crippen molar-refractivity contribution in [2.24, 2.45) is 0 Å². The number of hydrogen-bond donors (Lipinski definition) is 1. The van der Waals surface area contributed by atoms with Crippen LogP contribution in [-0.2, 0) is 0 Å². The molecule has 19 heavy (non-hydrogen) atoms. The number of rotatable bonds is 2. The maximum atomic E-state index is 13.1. The number of hydrogen-bond acceptors (Lipinski definition) is 3. The molecule has 1 saturated heterocycles. The van der Waals surface area contributed by atoms with Crippen molar-refractivity contribution in [3.63, 3.8) is 0 Å². The summed E-state index contributed by atoms with van der Waals surface area (Å²) in [4.78, 5) is 1.39. The Labute approximate surface area is 129 Å². The molecule has 112 valence electrons. The zero-order valence-electron chi connectivity index (χ0n) is 9.74. The molecule has 1 N–H and O–H groups in total. The summed E-state index contributed by atoms with van der Waals surface area (Å²) in [6.45, 7) is 1.86. The van der Waals surface area contributed by atoms with Crippen molar-refractivity contribution >= 4 is 40.7 Å². The summed E-state index contributed by atoms with van der Waals surface area (Å²) >= 11 is 3.03. The molecule has 9 heteroatoms. The first-order valence-electron chi connectivity index (χ1n) is 5.25.